The molecule has 0 spiro atoms. The van der Waals surface area contributed by atoms with Crippen molar-refractivity contribution in [2.75, 3.05) is 5.32 Å². The van der Waals surface area contributed by atoms with E-state index in [0.717, 1.165) is 19.3 Å². The van der Waals surface area contributed by atoms with Crippen LogP contribution in [0.1, 0.15) is 53.0 Å². The third-order valence-corrected chi connectivity index (χ3v) is 3.87. The third-order valence-electron chi connectivity index (χ3n) is 3.87. The summed E-state index contributed by atoms with van der Waals surface area (Å²) in [5, 5.41) is 3.56. The van der Waals surface area contributed by atoms with E-state index in [2.05, 4.69) is 70.8 Å². The maximum Gasteiger partial charge on any atom is 0.0344 e. The highest BCUT2D eigenvalue weighted by atomic mass is 15.0. The highest BCUT2D eigenvalue weighted by molar-refractivity contribution is 5.46. The summed E-state index contributed by atoms with van der Waals surface area (Å²) in [7, 11) is 0. The van der Waals surface area contributed by atoms with Crippen molar-refractivity contribution in [1.82, 2.24) is 0 Å². The van der Waals surface area contributed by atoms with Gasteiger partial charge in [0.05, 0.1) is 0 Å². The summed E-state index contributed by atoms with van der Waals surface area (Å²) in [5.41, 5.74) is 4.10. The second kappa shape index (κ2) is 6.79. The van der Waals surface area contributed by atoms with Crippen LogP contribution in [-0.4, -0.2) is 5.54 Å². The van der Waals surface area contributed by atoms with Gasteiger partial charge in [0.15, 0.2) is 0 Å². The van der Waals surface area contributed by atoms with Crippen molar-refractivity contribution in [1.29, 1.82) is 0 Å². The fraction of sp³-hybridized carbons (Fsp3) is 0.556. The molecule has 19 heavy (non-hydrogen) atoms. The van der Waals surface area contributed by atoms with Gasteiger partial charge >= 0.3 is 0 Å². The zero-order valence-corrected chi connectivity index (χ0v) is 13.2. The van der Waals surface area contributed by atoms with Gasteiger partial charge in [0.2, 0.25) is 0 Å². The van der Waals surface area contributed by atoms with Gasteiger partial charge in [-0.25, -0.2) is 0 Å². The number of nitrogens with one attached hydrogen (secondary N) is 1. The van der Waals surface area contributed by atoms with Crippen LogP contribution in [0.3, 0.4) is 0 Å². The minimum Gasteiger partial charge on any atom is -0.380 e. The summed E-state index contributed by atoms with van der Waals surface area (Å²) < 4.78 is 0. The Bertz CT molecular complexity index is 398. The summed E-state index contributed by atoms with van der Waals surface area (Å²) in [4.78, 5) is 0. The van der Waals surface area contributed by atoms with Crippen molar-refractivity contribution >= 4 is 5.69 Å². The Morgan fingerprint density at radius 3 is 2.26 bits per heavy atom. The molecule has 1 rings (SSSR count). The van der Waals surface area contributed by atoms with E-state index in [1.807, 2.05) is 0 Å². The van der Waals surface area contributed by atoms with Crippen molar-refractivity contribution < 1.29 is 0 Å². The molecule has 0 amide bonds. The summed E-state index contributed by atoms with van der Waals surface area (Å²) >= 11 is 0. The van der Waals surface area contributed by atoms with Crippen molar-refractivity contribution in [3.8, 4) is 0 Å². The highest BCUT2D eigenvalue weighted by Gasteiger charge is 2.13. The van der Waals surface area contributed by atoms with E-state index >= 15 is 0 Å². The van der Waals surface area contributed by atoms with Gasteiger partial charge in [-0.3, -0.25) is 0 Å². The molecule has 0 atom stereocenters. The zero-order chi connectivity index (χ0) is 14.5. The maximum atomic E-state index is 4.13. The molecule has 0 unspecified atom stereocenters. The Labute approximate surface area is 119 Å². The van der Waals surface area contributed by atoms with Crippen LogP contribution in [0.2, 0.25) is 0 Å². The monoisotopic (exact) mass is 259 g/mol. The van der Waals surface area contributed by atoms with Crippen molar-refractivity contribution in [2.45, 2.75) is 59.4 Å². The lowest BCUT2D eigenvalue weighted by atomic mass is 9.97. The minimum atomic E-state index is 0.160. The largest absolute Gasteiger partial charge is 0.380 e. The van der Waals surface area contributed by atoms with Crippen LogP contribution in [0.25, 0.3) is 0 Å². The Morgan fingerprint density at radius 1 is 1.21 bits per heavy atom. The number of hydrogen-bond acceptors (Lipinski definition) is 1. The molecule has 0 aromatic heterocycles. The standard InChI is InChI=1S/C18H29N/c1-7-18(5,6)19-17-12-10-16(11-13-17)9-8-15(4)14(2)3/h10-14,19H,4,7-9H2,1-3,5-6H3. The average molecular weight is 259 g/mol. The first-order chi connectivity index (χ1) is 8.84. The lowest BCUT2D eigenvalue weighted by molar-refractivity contribution is 0.547. The predicted octanol–water partition coefficient (Wildman–Crippen LogP) is 5.43. The molecule has 0 saturated heterocycles. The molecule has 1 heteroatoms. The first-order valence-electron chi connectivity index (χ1n) is 7.39. The molecule has 106 valence electrons. The van der Waals surface area contributed by atoms with Gasteiger partial charge in [-0.2, -0.15) is 0 Å². The average Bonchev–Trinajstić information content (AvgIpc) is 2.37. The smallest absolute Gasteiger partial charge is 0.0344 e. The van der Waals surface area contributed by atoms with Gasteiger partial charge < -0.3 is 5.32 Å². The normalized spacial score (nSPS) is 11.7. The van der Waals surface area contributed by atoms with Gasteiger partial charge in [-0.1, -0.05) is 45.1 Å². The lowest BCUT2D eigenvalue weighted by Crippen LogP contribution is -2.29. The van der Waals surface area contributed by atoms with Crippen LogP contribution in [0.15, 0.2) is 36.4 Å². The van der Waals surface area contributed by atoms with E-state index in [4.69, 9.17) is 0 Å². The summed E-state index contributed by atoms with van der Waals surface area (Å²) in [6.45, 7) is 15.2. The molecule has 1 N–H and O–H groups in total. The van der Waals surface area contributed by atoms with Crippen LogP contribution in [0.5, 0.6) is 0 Å². The quantitative estimate of drug-likeness (QED) is 0.644. The minimum absolute atomic E-state index is 0.160. The zero-order valence-electron chi connectivity index (χ0n) is 13.2. The van der Waals surface area contributed by atoms with E-state index in [-0.39, 0.29) is 5.54 Å². The molecule has 0 aliphatic heterocycles. The Balaban J connectivity index is 2.55. The van der Waals surface area contributed by atoms with E-state index in [1.165, 1.54) is 16.8 Å². The molecule has 1 nitrogen and oxygen atoms in total. The first-order valence-corrected chi connectivity index (χ1v) is 7.39. The van der Waals surface area contributed by atoms with Crippen LogP contribution in [0, 0.1) is 5.92 Å². The number of anilines is 1. The molecule has 0 fully saturated rings. The van der Waals surface area contributed by atoms with Gasteiger partial charge in [0.25, 0.3) is 0 Å². The second-order valence-corrected chi connectivity index (χ2v) is 6.37. The van der Waals surface area contributed by atoms with Crippen LogP contribution in [-0.2, 0) is 6.42 Å². The molecule has 1 aromatic carbocycles. The number of hydrogen-bond donors (Lipinski definition) is 1. The Morgan fingerprint density at radius 2 is 1.79 bits per heavy atom. The lowest BCUT2D eigenvalue weighted by Gasteiger charge is -2.26. The van der Waals surface area contributed by atoms with Gasteiger partial charge in [0.1, 0.15) is 0 Å². The highest BCUT2D eigenvalue weighted by Crippen LogP contribution is 2.20. The van der Waals surface area contributed by atoms with Crippen LogP contribution < -0.4 is 5.32 Å². The molecular formula is C18H29N. The summed E-state index contributed by atoms with van der Waals surface area (Å²) in [6.07, 6.45) is 3.29. The molecule has 0 radical (unpaired) electrons. The first kappa shape index (κ1) is 15.8. The summed E-state index contributed by atoms with van der Waals surface area (Å²) in [6, 6.07) is 8.82. The van der Waals surface area contributed by atoms with E-state index < -0.39 is 0 Å². The van der Waals surface area contributed by atoms with Crippen molar-refractivity contribution in [3.63, 3.8) is 0 Å². The van der Waals surface area contributed by atoms with Gasteiger partial charge in [0, 0.05) is 11.2 Å². The van der Waals surface area contributed by atoms with E-state index in [9.17, 15) is 0 Å². The van der Waals surface area contributed by atoms with Gasteiger partial charge in [-0.15, -0.1) is 0 Å². The van der Waals surface area contributed by atoms with Gasteiger partial charge in [-0.05, 0) is 56.7 Å². The second-order valence-electron chi connectivity index (χ2n) is 6.37. The van der Waals surface area contributed by atoms with Crippen LogP contribution in [0.4, 0.5) is 5.69 Å². The molecule has 0 aliphatic rings. The topological polar surface area (TPSA) is 12.0 Å². The number of aryl methyl sites for hydroxylation is 1. The molecular weight excluding hydrogens is 230 g/mol. The Hall–Kier alpha value is -1.24. The fourth-order valence-electron chi connectivity index (χ4n) is 1.83. The predicted molar refractivity (Wildman–Crippen MR) is 86.7 cm³/mol. The molecule has 0 saturated carbocycles. The summed E-state index contributed by atoms with van der Waals surface area (Å²) in [5.74, 6) is 0.589. The number of benzene rings is 1. The van der Waals surface area contributed by atoms with E-state index in [1.54, 1.807) is 0 Å². The van der Waals surface area contributed by atoms with Crippen LogP contribution >= 0.6 is 0 Å². The molecule has 0 heterocycles. The third kappa shape index (κ3) is 5.50. The SMILES string of the molecule is C=C(CCc1ccc(NC(C)(C)CC)cc1)C(C)C. The van der Waals surface area contributed by atoms with Crippen molar-refractivity contribution in [2.24, 2.45) is 5.92 Å². The maximum absolute atomic E-state index is 4.13. The van der Waals surface area contributed by atoms with E-state index in [0.29, 0.717) is 5.92 Å². The van der Waals surface area contributed by atoms with Crippen molar-refractivity contribution in [3.05, 3.63) is 42.0 Å². The fourth-order valence-corrected chi connectivity index (χ4v) is 1.83. The Kier molecular flexibility index (Phi) is 5.65. The number of rotatable bonds is 7. The molecule has 0 aliphatic carbocycles. The molecule has 0 bridgehead atoms. The number of allylic oxidation sites excluding steroid dienone is 1. The molecule has 1 aromatic rings.